The zero-order valence-electron chi connectivity index (χ0n) is 18.7. The van der Waals surface area contributed by atoms with Crippen LogP contribution in [0.4, 0.5) is 10.1 Å². The summed E-state index contributed by atoms with van der Waals surface area (Å²) >= 11 is 3.06. The van der Waals surface area contributed by atoms with Crippen molar-refractivity contribution in [1.82, 2.24) is 9.88 Å². The molecule has 1 aromatic heterocycles. The minimum atomic E-state index is -0.341. The number of ether oxygens (including phenoxy) is 1. The summed E-state index contributed by atoms with van der Waals surface area (Å²) in [6, 6.07) is 18.9. The Morgan fingerprint density at radius 2 is 1.83 bits per heavy atom. The van der Waals surface area contributed by atoms with E-state index in [2.05, 4.69) is 10.3 Å². The van der Waals surface area contributed by atoms with E-state index in [-0.39, 0.29) is 17.6 Å². The van der Waals surface area contributed by atoms with Gasteiger partial charge in [-0.1, -0.05) is 36.0 Å². The Labute approximate surface area is 210 Å². The van der Waals surface area contributed by atoms with Gasteiger partial charge in [-0.2, -0.15) is 0 Å². The fourth-order valence-corrected chi connectivity index (χ4v) is 5.87. The number of nitrogens with one attached hydrogen (secondary N) is 1. The number of carbonyl (C=O) groups excluding carboxylic acids is 2. The topological polar surface area (TPSA) is 71.5 Å². The number of morpholine rings is 1. The Morgan fingerprint density at radius 1 is 1.03 bits per heavy atom. The molecule has 4 aromatic rings. The average Bonchev–Trinajstić information content (AvgIpc) is 3.30. The van der Waals surface area contributed by atoms with Gasteiger partial charge >= 0.3 is 0 Å². The summed E-state index contributed by atoms with van der Waals surface area (Å²) in [7, 11) is 0. The third-order valence-corrected chi connectivity index (χ3v) is 7.81. The van der Waals surface area contributed by atoms with Crippen LogP contribution in [-0.4, -0.2) is 48.0 Å². The number of nitrogens with zero attached hydrogens (tertiary/aromatic N) is 2. The molecule has 0 saturated carbocycles. The van der Waals surface area contributed by atoms with E-state index in [9.17, 15) is 14.0 Å². The molecule has 0 unspecified atom stereocenters. The molecular formula is C26H22FN3O3S2. The quantitative estimate of drug-likeness (QED) is 0.351. The van der Waals surface area contributed by atoms with E-state index in [1.807, 2.05) is 18.2 Å². The van der Waals surface area contributed by atoms with E-state index in [1.165, 1.54) is 23.5 Å². The van der Waals surface area contributed by atoms with Gasteiger partial charge in [0.1, 0.15) is 5.82 Å². The van der Waals surface area contributed by atoms with E-state index >= 15 is 0 Å². The summed E-state index contributed by atoms with van der Waals surface area (Å²) in [6.45, 7) is 2.02. The van der Waals surface area contributed by atoms with Crippen molar-refractivity contribution in [2.45, 2.75) is 10.1 Å². The first-order valence-corrected chi connectivity index (χ1v) is 12.9. The van der Waals surface area contributed by atoms with Crippen LogP contribution < -0.4 is 5.32 Å². The summed E-state index contributed by atoms with van der Waals surface area (Å²) in [5, 5.41) is 2.92. The number of rotatable bonds is 6. The smallest absolute Gasteiger partial charge is 0.256 e. The Hall–Kier alpha value is -3.27. The van der Waals surface area contributed by atoms with E-state index < -0.39 is 0 Å². The molecule has 1 N–H and O–H groups in total. The number of halogens is 1. The molecule has 9 heteroatoms. The third-order valence-electron chi connectivity index (χ3n) is 5.58. The minimum Gasteiger partial charge on any atom is -0.378 e. The number of thiazole rings is 1. The molecule has 1 aliphatic rings. The molecule has 6 nitrogen and oxygen atoms in total. The van der Waals surface area contributed by atoms with Crippen LogP contribution in [0.5, 0.6) is 0 Å². The number of hydrogen-bond donors (Lipinski definition) is 1. The van der Waals surface area contributed by atoms with E-state index in [0.717, 1.165) is 20.1 Å². The predicted octanol–water partition coefficient (Wildman–Crippen LogP) is 5.45. The maximum absolute atomic E-state index is 13.4. The lowest BCUT2D eigenvalue weighted by Crippen LogP contribution is -2.41. The van der Waals surface area contributed by atoms with Crippen molar-refractivity contribution in [3.8, 4) is 0 Å². The van der Waals surface area contributed by atoms with Gasteiger partial charge in [0, 0.05) is 24.5 Å². The van der Waals surface area contributed by atoms with Crippen LogP contribution in [0.1, 0.15) is 26.3 Å². The first kappa shape index (κ1) is 23.5. The van der Waals surface area contributed by atoms with Gasteiger partial charge in [0.25, 0.3) is 11.8 Å². The molecule has 0 aliphatic carbocycles. The van der Waals surface area contributed by atoms with Crippen LogP contribution in [0, 0.1) is 5.82 Å². The molecule has 5 rings (SSSR count). The SMILES string of the molecule is O=C(Nc1ccc2nc(SCc3cccc(F)c3)sc2c1)c1ccccc1C(=O)N1CCOCC1. The van der Waals surface area contributed by atoms with E-state index in [1.54, 1.807) is 53.1 Å². The molecule has 3 aromatic carbocycles. The summed E-state index contributed by atoms with van der Waals surface area (Å²) in [5.74, 6) is -0.139. The Kier molecular flexibility index (Phi) is 7.08. The van der Waals surface area contributed by atoms with Crippen molar-refractivity contribution in [3.05, 3.63) is 89.2 Å². The van der Waals surface area contributed by atoms with Crippen molar-refractivity contribution in [1.29, 1.82) is 0 Å². The van der Waals surface area contributed by atoms with E-state index in [0.29, 0.717) is 48.9 Å². The van der Waals surface area contributed by atoms with Gasteiger partial charge in [-0.15, -0.1) is 11.3 Å². The lowest BCUT2D eigenvalue weighted by atomic mass is 10.0. The van der Waals surface area contributed by atoms with Crippen molar-refractivity contribution in [3.63, 3.8) is 0 Å². The van der Waals surface area contributed by atoms with Gasteiger partial charge in [0.15, 0.2) is 4.34 Å². The minimum absolute atomic E-state index is 0.170. The first-order chi connectivity index (χ1) is 17.1. The fourth-order valence-electron chi connectivity index (χ4n) is 3.82. The number of benzene rings is 3. The second-order valence-corrected chi connectivity index (χ2v) is 10.2. The molecule has 0 radical (unpaired) electrons. The highest BCUT2D eigenvalue weighted by Gasteiger charge is 2.23. The highest BCUT2D eigenvalue weighted by Crippen LogP contribution is 2.33. The summed E-state index contributed by atoms with van der Waals surface area (Å²) in [4.78, 5) is 32.4. The maximum atomic E-state index is 13.4. The normalized spacial score (nSPS) is 13.7. The summed E-state index contributed by atoms with van der Waals surface area (Å²) < 4.78 is 20.5. The molecule has 1 fully saturated rings. The zero-order chi connectivity index (χ0) is 24.2. The molecule has 1 aliphatic heterocycles. The van der Waals surface area contributed by atoms with Crippen LogP contribution in [-0.2, 0) is 10.5 Å². The molecule has 0 spiro atoms. The summed E-state index contributed by atoms with van der Waals surface area (Å²) in [6.07, 6.45) is 0. The lowest BCUT2D eigenvalue weighted by Gasteiger charge is -2.27. The van der Waals surface area contributed by atoms with Crippen LogP contribution in [0.3, 0.4) is 0 Å². The van der Waals surface area contributed by atoms with Gasteiger partial charge in [-0.3, -0.25) is 9.59 Å². The number of thioether (sulfide) groups is 1. The monoisotopic (exact) mass is 507 g/mol. The van der Waals surface area contributed by atoms with Crippen LogP contribution in [0.15, 0.2) is 71.1 Å². The van der Waals surface area contributed by atoms with Crippen LogP contribution >= 0.6 is 23.1 Å². The Balaban J connectivity index is 1.30. The van der Waals surface area contributed by atoms with Crippen molar-refractivity contribution >= 4 is 50.8 Å². The molecule has 2 heterocycles. The van der Waals surface area contributed by atoms with Crippen molar-refractivity contribution in [2.24, 2.45) is 0 Å². The zero-order valence-corrected chi connectivity index (χ0v) is 20.3. The van der Waals surface area contributed by atoms with Gasteiger partial charge in [-0.25, -0.2) is 9.37 Å². The van der Waals surface area contributed by atoms with Gasteiger partial charge < -0.3 is 15.0 Å². The van der Waals surface area contributed by atoms with Crippen LogP contribution in [0.25, 0.3) is 10.2 Å². The van der Waals surface area contributed by atoms with E-state index in [4.69, 9.17) is 4.74 Å². The average molecular weight is 508 g/mol. The number of fused-ring (bicyclic) bond motifs is 1. The Morgan fingerprint density at radius 3 is 2.63 bits per heavy atom. The van der Waals surface area contributed by atoms with Crippen molar-refractivity contribution < 1.29 is 18.7 Å². The summed E-state index contributed by atoms with van der Waals surface area (Å²) in [5.41, 5.74) is 3.06. The molecule has 35 heavy (non-hydrogen) atoms. The number of carbonyl (C=O) groups is 2. The molecule has 1 saturated heterocycles. The largest absolute Gasteiger partial charge is 0.378 e. The molecule has 2 amide bonds. The molecular weight excluding hydrogens is 485 g/mol. The first-order valence-electron chi connectivity index (χ1n) is 11.1. The predicted molar refractivity (Wildman–Crippen MR) is 137 cm³/mol. The van der Waals surface area contributed by atoms with Gasteiger partial charge in [0.05, 0.1) is 34.6 Å². The fraction of sp³-hybridized carbons (Fsp3) is 0.192. The standard InChI is InChI=1S/C26H22FN3O3S2/c27-18-5-3-4-17(14-18)16-34-26-29-22-9-8-19(15-23(22)35-26)28-24(31)20-6-1-2-7-21(20)25(32)30-10-12-33-13-11-30/h1-9,14-15H,10-13,16H2,(H,28,31). The van der Waals surface area contributed by atoms with Crippen molar-refractivity contribution in [2.75, 3.05) is 31.6 Å². The maximum Gasteiger partial charge on any atom is 0.256 e. The number of aromatic nitrogens is 1. The number of anilines is 1. The molecule has 178 valence electrons. The second kappa shape index (κ2) is 10.6. The molecule has 0 bridgehead atoms. The Bertz CT molecular complexity index is 1390. The number of hydrogen-bond acceptors (Lipinski definition) is 6. The van der Waals surface area contributed by atoms with Gasteiger partial charge in [-0.05, 0) is 48.0 Å². The van der Waals surface area contributed by atoms with Gasteiger partial charge in [0.2, 0.25) is 0 Å². The highest BCUT2D eigenvalue weighted by molar-refractivity contribution is 8.00. The molecule has 0 atom stereocenters. The highest BCUT2D eigenvalue weighted by atomic mass is 32.2. The second-order valence-electron chi connectivity index (χ2n) is 7.99. The van der Waals surface area contributed by atoms with Crippen LogP contribution in [0.2, 0.25) is 0 Å². The number of amides is 2. The third kappa shape index (κ3) is 5.53. The lowest BCUT2D eigenvalue weighted by molar-refractivity contribution is 0.0302.